The Morgan fingerprint density at radius 2 is 1.86 bits per heavy atom. The van der Waals surface area contributed by atoms with Gasteiger partial charge in [-0.25, -0.2) is 9.18 Å². The number of aliphatic hydroxyl groups is 1. The van der Waals surface area contributed by atoms with Gasteiger partial charge in [0.15, 0.2) is 11.6 Å². The van der Waals surface area contributed by atoms with Crippen LogP contribution in [-0.4, -0.2) is 35.3 Å². The molecule has 4 rings (SSSR count). The number of ether oxygens (including phenoxy) is 2. The van der Waals surface area contributed by atoms with Crippen LogP contribution in [0.3, 0.4) is 0 Å². The average Bonchev–Trinajstić information content (AvgIpc) is 2.99. The Bertz CT molecular complexity index is 843. The van der Waals surface area contributed by atoms with E-state index in [1.54, 1.807) is 17.0 Å². The molecule has 5 nitrogen and oxygen atoms in total. The third-order valence-electron chi connectivity index (χ3n) is 5.87. The largest absolute Gasteiger partial charge is 0.494 e. The van der Waals surface area contributed by atoms with Crippen molar-refractivity contribution in [1.29, 1.82) is 0 Å². The molecule has 2 saturated heterocycles. The highest BCUT2D eigenvalue weighted by Gasteiger charge is 2.50. The highest BCUT2D eigenvalue weighted by Crippen LogP contribution is 2.46. The van der Waals surface area contributed by atoms with Gasteiger partial charge < -0.3 is 19.5 Å². The summed E-state index contributed by atoms with van der Waals surface area (Å²) in [4.78, 5) is 14.5. The summed E-state index contributed by atoms with van der Waals surface area (Å²) in [6.45, 7) is 0.231. The van der Waals surface area contributed by atoms with Crippen molar-refractivity contribution in [1.82, 2.24) is 4.90 Å². The number of methoxy groups -OCH3 is 1. The van der Waals surface area contributed by atoms with Crippen molar-refractivity contribution < 1.29 is 23.8 Å². The Morgan fingerprint density at radius 3 is 2.50 bits per heavy atom. The number of benzene rings is 2. The number of fused-ring (bicyclic) bond motifs is 2. The first-order valence-electron chi connectivity index (χ1n) is 9.55. The maximum absolute atomic E-state index is 13.7. The number of carbonyl (C=O) groups excluding carboxylic acids is 1. The van der Waals surface area contributed by atoms with Crippen LogP contribution < -0.4 is 4.74 Å². The van der Waals surface area contributed by atoms with Gasteiger partial charge in [-0.3, -0.25) is 0 Å². The molecule has 2 heterocycles. The second kappa shape index (κ2) is 7.43. The van der Waals surface area contributed by atoms with Gasteiger partial charge in [-0.05, 0) is 36.1 Å². The topological polar surface area (TPSA) is 59.0 Å². The third kappa shape index (κ3) is 3.44. The quantitative estimate of drug-likeness (QED) is 0.865. The first kappa shape index (κ1) is 18.7. The lowest BCUT2D eigenvalue weighted by Gasteiger charge is -2.43. The van der Waals surface area contributed by atoms with Crippen molar-refractivity contribution in [3.8, 4) is 5.75 Å². The zero-order chi connectivity index (χ0) is 19.7. The molecule has 2 fully saturated rings. The first-order valence-corrected chi connectivity index (χ1v) is 9.55. The summed E-state index contributed by atoms with van der Waals surface area (Å²) in [7, 11) is 1.40. The van der Waals surface area contributed by atoms with Crippen LogP contribution in [0.1, 0.15) is 36.8 Å². The van der Waals surface area contributed by atoms with Gasteiger partial charge >= 0.3 is 6.09 Å². The summed E-state index contributed by atoms with van der Waals surface area (Å²) in [5.41, 5.74) is 0.457. The summed E-state index contributed by atoms with van der Waals surface area (Å²) < 4.78 is 24.3. The molecule has 1 amide bonds. The minimum atomic E-state index is -1.11. The normalized spacial score (nSPS) is 26.2. The van der Waals surface area contributed by atoms with Crippen molar-refractivity contribution >= 4 is 6.09 Å². The lowest BCUT2D eigenvalue weighted by Crippen LogP contribution is -2.52. The molecule has 2 bridgehead atoms. The molecule has 0 spiro atoms. The van der Waals surface area contributed by atoms with Crippen LogP contribution in [0.4, 0.5) is 9.18 Å². The number of halogens is 1. The molecule has 148 valence electrons. The number of rotatable bonds is 4. The van der Waals surface area contributed by atoms with E-state index in [1.807, 2.05) is 30.3 Å². The molecule has 0 saturated carbocycles. The Kier molecular flexibility index (Phi) is 4.98. The molecule has 2 aromatic rings. The van der Waals surface area contributed by atoms with E-state index in [2.05, 4.69) is 0 Å². The van der Waals surface area contributed by atoms with Crippen LogP contribution in [0.5, 0.6) is 5.75 Å². The fraction of sp³-hybridized carbons (Fsp3) is 0.409. The number of nitrogens with zero attached hydrogens (tertiary/aromatic N) is 1. The maximum atomic E-state index is 13.7. The van der Waals surface area contributed by atoms with Crippen molar-refractivity contribution in [2.24, 2.45) is 0 Å². The van der Waals surface area contributed by atoms with Gasteiger partial charge in [-0.1, -0.05) is 36.4 Å². The Labute approximate surface area is 163 Å². The van der Waals surface area contributed by atoms with E-state index in [0.29, 0.717) is 18.4 Å². The molecule has 2 unspecified atom stereocenters. The number of carbonyl (C=O) groups is 1. The highest BCUT2D eigenvalue weighted by molar-refractivity contribution is 5.69. The van der Waals surface area contributed by atoms with E-state index in [-0.39, 0.29) is 30.5 Å². The van der Waals surface area contributed by atoms with Gasteiger partial charge in [0.2, 0.25) is 0 Å². The van der Waals surface area contributed by atoms with Crippen LogP contribution in [-0.2, 0) is 16.9 Å². The summed E-state index contributed by atoms with van der Waals surface area (Å²) in [5, 5.41) is 11.3. The molecular formula is C22H24FNO4. The molecule has 1 N–H and O–H groups in total. The molecule has 0 radical (unpaired) electrons. The summed E-state index contributed by atoms with van der Waals surface area (Å²) in [6.07, 6.45) is 2.12. The van der Waals surface area contributed by atoms with Gasteiger partial charge in [-0.2, -0.15) is 0 Å². The van der Waals surface area contributed by atoms with Crippen molar-refractivity contribution in [3.05, 3.63) is 65.5 Å². The maximum Gasteiger partial charge on any atom is 0.410 e. The fourth-order valence-electron chi connectivity index (χ4n) is 4.50. The van der Waals surface area contributed by atoms with Gasteiger partial charge in [0, 0.05) is 24.9 Å². The highest BCUT2D eigenvalue weighted by atomic mass is 19.1. The van der Waals surface area contributed by atoms with E-state index < -0.39 is 11.4 Å². The lowest BCUT2D eigenvalue weighted by molar-refractivity contribution is -0.0538. The smallest absolute Gasteiger partial charge is 0.410 e. The lowest BCUT2D eigenvalue weighted by atomic mass is 9.80. The van der Waals surface area contributed by atoms with E-state index in [4.69, 9.17) is 9.47 Å². The monoisotopic (exact) mass is 385 g/mol. The number of amides is 1. The minimum Gasteiger partial charge on any atom is -0.494 e. The summed E-state index contributed by atoms with van der Waals surface area (Å²) in [5.74, 6) is -0.345. The molecule has 28 heavy (non-hydrogen) atoms. The van der Waals surface area contributed by atoms with Crippen molar-refractivity contribution in [2.45, 2.75) is 50.0 Å². The zero-order valence-corrected chi connectivity index (χ0v) is 15.8. The number of piperidine rings is 1. The molecule has 2 aliphatic heterocycles. The Hall–Kier alpha value is -2.60. The molecule has 6 heteroatoms. The molecular weight excluding hydrogens is 361 g/mol. The van der Waals surface area contributed by atoms with Crippen LogP contribution in [0, 0.1) is 5.82 Å². The van der Waals surface area contributed by atoms with Gasteiger partial charge in [-0.15, -0.1) is 0 Å². The van der Waals surface area contributed by atoms with E-state index in [1.165, 1.54) is 13.2 Å². The van der Waals surface area contributed by atoms with Crippen LogP contribution in [0.15, 0.2) is 48.5 Å². The molecule has 2 aromatic carbocycles. The number of hydrogen-bond donors (Lipinski definition) is 1. The van der Waals surface area contributed by atoms with Crippen LogP contribution in [0.25, 0.3) is 0 Å². The van der Waals surface area contributed by atoms with Crippen molar-refractivity contribution in [3.63, 3.8) is 0 Å². The molecule has 0 aliphatic carbocycles. The molecule has 2 atom stereocenters. The minimum absolute atomic E-state index is 0.0944. The molecule has 0 aromatic heterocycles. The predicted molar refractivity (Wildman–Crippen MR) is 101 cm³/mol. The number of hydrogen-bond acceptors (Lipinski definition) is 4. The second-order valence-corrected chi connectivity index (χ2v) is 7.62. The fourth-order valence-corrected chi connectivity index (χ4v) is 4.50. The SMILES string of the molecule is COc1cc(C2(O)CC3CCC(C2)N3C(=O)OCc2ccccc2)ccc1F. The van der Waals surface area contributed by atoms with Gasteiger partial charge in [0.25, 0.3) is 0 Å². The van der Waals surface area contributed by atoms with Crippen LogP contribution >= 0.6 is 0 Å². The van der Waals surface area contributed by atoms with E-state index >= 15 is 0 Å². The Morgan fingerprint density at radius 1 is 1.18 bits per heavy atom. The predicted octanol–water partition coefficient (Wildman–Crippen LogP) is 3.99. The Balaban J connectivity index is 1.47. The van der Waals surface area contributed by atoms with E-state index in [9.17, 15) is 14.3 Å². The second-order valence-electron chi connectivity index (χ2n) is 7.62. The van der Waals surface area contributed by atoms with E-state index in [0.717, 1.165) is 18.4 Å². The zero-order valence-electron chi connectivity index (χ0n) is 15.8. The van der Waals surface area contributed by atoms with Gasteiger partial charge in [0.05, 0.1) is 12.7 Å². The summed E-state index contributed by atoms with van der Waals surface area (Å²) >= 11 is 0. The third-order valence-corrected chi connectivity index (χ3v) is 5.87. The van der Waals surface area contributed by atoms with Crippen molar-refractivity contribution in [2.75, 3.05) is 7.11 Å². The van der Waals surface area contributed by atoms with Crippen LogP contribution in [0.2, 0.25) is 0 Å². The first-order chi connectivity index (χ1) is 13.5. The average molecular weight is 385 g/mol. The van der Waals surface area contributed by atoms with Gasteiger partial charge in [0.1, 0.15) is 6.61 Å². The molecule has 2 aliphatic rings. The standard InChI is InChI=1S/C22H24FNO4/c1-27-20-11-16(7-10-19(20)23)22(26)12-17-8-9-18(13-22)24(17)21(25)28-14-15-5-3-2-4-6-15/h2-7,10-11,17-18,26H,8-9,12-14H2,1H3. The summed E-state index contributed by atoms with van der Waals surface area (Å²) in [6, 6.07) is 13.8.